The van der Waals surface area contributed by atoms with Crippen LogP contribution in [0.5, 0.6) is 0 Å². The molecular weight excluding hydrogens is 444 g/mol. The smallest absolute Gasteiger partial charge is 0.243 e. The maximum atomic E-state index is 13.1. The number of fused-ring (bicyclic) bond motifs is 1. The van der Waals surface area contributed by atoms with Crippen molar-refractivity contribution in [2.45, 2.75) is 93.1 Å². The summed E-state index contributed by atoms with van der Waals surface area (Å²) in [5, 5.41) is 3.68. The standard InChI is InChI=1S/C23H34N4O3S2/c1-3-27-21-13-12-19(32(29,30)26-14-8-5-9-15-26)16-20(21)25-23(27)31-17(2)22(28)24-18-10-6-4-7-11-18/h12-13,16-18H,3-11,14-15H2,1-2H3,(H,24,28). The molecule has 1 aromatic heterocycles. The Morgan fingerprint density at radius 1 is 1.16 bits per heavy atom. The summed E-state index contributed by atoms with van der Waals surface area (Å²) in [7, 11) is -3.50. The first-order valence-corrected chi connectivity index (χ1v) is 14.2. The van der Waals surface area contributed by atoms with E-state index in [-0.39, 0.29) is 17.2 Å². The third kappa shape index (κ3) is 4.99. The molecule has 176 valence electrons. The molecule has 2 fully saturated rings. The minimum Gasteiger partial charge on any atom is -0.352 e. The maximum absolute atomic E-state index is 13.1. The van der Waals surface area contributed by atoms with Gasteiger partial charge in [-0.3, -0.25) is 4.79 Å². The van der Waals surface area contributed by atoms with Crippen LogP contribution in [-0.2, 0) is 21.4 Å². The van der Waals surface area contributed by atoms with Crippen molar-refractivity contribution in [3.8, 4) is 0 Å². The van der Waals surface area contributed by atoms with Gasteiger partial charge in [0.15, 0.2) is 5.16 Å². The molecule has 1 unspecified atom stereocenters. The third-order valence-corrected chi connectivity index (χ3v) is 9.54. The van der Waals surface area contributed by atoms with E-state index in [0.717, 1.165) is 42.8 Å². The van der Waals surface area contributed by atoms with Crippen LogP contribution >= 0.6 is 11.8 Å². The van der Waals surface area contributed by atoms with Crippen LogP contribution in [0.3, 0.4) is 0 Å². The quantitative estimate of drug-likeness (QED) is 0.604. The highest BCUT2D eigenvalue weighted by atomic mass is 32.2. The van der Waals surface area contributed by atoms with Gasteiger partial charge in [-0.2, -0.15) is 4.31 Å². The van der Waals surface area contributed by atoms with Gasteiger partial charge in [0.1, 0.15) is 0 Å². The van der Waals surface area contributed by atoms with Crippen LogP contribution in [0.25, 0.3) is 11.0 Å². The van der Waals surface area contributed by atoms with Crippen molar-refractivity contribution >= 4 is 38.7 Å². The number of nitrogens with one attached hydrogen (secondary N) is 1. The zero-order chi connectivity index (χ0) is 22.7. The maximum Gasteiger partial charge on any atom is 0.243 e. The molecule has 1 atom stereocenters. The number of hydrogen-bond acceptors (Lipinski definition) is 5. The van der Waals surface area contributed by atoms with Gasteiger partial charge in [0.05, 0.1) is 21.2 Å². The minimum absolute atomic E-state index is 0.0463. The lowest BCUT2D eigenvalue weighted by atomic mass is 9.95. The van der Waals surface area contributed by atoms with E-state index in [1.807, 2.05) is 19.9 Å². The zero-order valence-corrected chi connectivity index (χ0v) is 20.7. The van der Waals surface area contributed by atoms with E-state index in [9.17, 15) is 13.2 Å². The molecule has 32 heavy (non-hydrogen) atoms. The van der Waals surface area contributed by atoms with Crippen LogP contribution < -0.4 is 5.32 Å². The Kier molecular flexibility index (Phi) is 7.47. The second-order valence-electron chi connectivity index (χ2n) is 8.86. The predicted molar refractivity (Wildman–Crippen MR) is 128 cm³/mol. The summed E-state index contributed by atoms with van der Waals surface area (Å²) in [6.45, 7) is 5.82. The van der Waals surface area contributed by atoms with Crippen LogP contribution in [0, 0.1) is 0 Å². The fourth-order valence-electron chi connectivity index (χ4n) is 4.67. The molecule has 4 rings (SSSR count). The molecule has 0 bridgehead atoms. The fourth-order valence-corrected chi connectivity index (χ4v) is 7.21. The monoisotopic (exact) mass is 478 g/mol. The van der Waals surface area contributed by atoms with Crippen LogP contribution in [0.15, 0.2) is 28.3 Å². The van der Waals surface area contributed by atoms with Crippen molar-refractivity contribution < 1.29 is 13.2 Å². The summed E-state index contributed by atoms with van der Waals surface area (Å²) in [6.07, 6.45) is 8.64. The number of nitrogens with zero attached hydrogens (tertiary/aromatic N) is 3. The second-order valence-corrected chi connectivity index (χ2v) is 12.1. The molecule has 1 aliphatic carbocycles. The molecular formula is C23H34N4O3S2. The number of aromatic nitrogens is 2. The number of carbonyl (C=O) groups excluding carboxylic acids is 1. The van der Waals surface area contributed by atoms with Crippen molar-refractivity contribution in [2.75, 3.05) is 13.1 Å². The molecule has 2 aliphatic rings. The van der Waals surface area contributed by atoms with Gasteiger partial charge in [-0.25, -0.2) is 13.4 Å². The number of rotatable bonds is 7. The van der Waals surface area contributed by atoms with Gasteiger partial charge < -0.3 is 9.88 Å². The fraction of sp³-hybridized carbons (Fsp3) is 0.652. The Labute approximate surface area is 195 Å². The van der Waals surface area contributed by atoms with E-state index in [0.29, 0.717) is 30.0 Å². The highest BCUT2D eigenvalue weighted by molar-refractivity contribution is 8.00. The zero-order valence-electron chi connectivity index (χ0n) is 19.0. The topological polar surface area (TPSA) is 84.3 Å². The molecule has 0 spiro atoms. The molecule has 1 amide bonds. The highest BCUT2D eigenvalue weighted by Gasteiger charge is 2.27. The van der Waals surface area contributed by atoms with Crippen LogP contribution in [-0.4, -0.2) is 52.6 Å². The number of amides is 1. The third-order valence-electron chi connectivity index (χ3n) is 6.56. The number of aryl methyl sites for hydroxylation is 1. The number of piperidine rings is 1. The van der Waals surface area contributed by atoms with Crippen molar-refractivity contribution in [1.82, 2.24) is 19.2 Å². The Morgan fingerprint density at radius 2 is 1.84 bits per heavy atom. The summed E-state index contributed by atoms with van der Waals surface area (Å²) in [4.78, 5) is 17.8. The Hall–Kier alpha value is -1.58. The van der Waals surface area contributed by atoms with Gasteiger partial charge >= 0.3 is 0 Å². The Balaban J connectivity index is 1.53. The molecule has 2 heterocycles. The first-order valence-electron chi connectivity index (χ1n) is 11.9. The lowest BCUT2D eigenvalue weighted by Gasteiger charge is -2.25. The van der Waals surface area contributed by atoms with E-state index in [4.69, 9.17) is 4.98 Å². The largest absolute Gasteiger partial charge is 0.352 e. The number of benzene rings is 1. The first kappa shape index (κ1) is 23.6. The Bertz CT molecular complexity index is 1050. The van der Waals surface area contributed by atoms with E-state index in [2.05, 4.69) is 9.88 Å². The van der Waals surface area contributed by atoms with Crippen LogP contribution in [0.1, 0.15) is 65.2 Å². The number of hydrogen-bond donors (Lipinski definition) is 1. The average Bonchev–Trinajstić information content (AvgIpc) is 3.16. The van der Waals surface area contributed by atoms with E-state index >= 15 is 0 Å². The summed E-state index contributed by atoms with van der Waals surface area (Å²) in [5.41, 5.74) is 1.56. The SMILES string of the molecule is CCn1c(SC(C)C(=O)NC2CCCCC2)nc2cc(S(=O)(=O)N3CCCCC3)ccc21. The van der Waals surface area contributed by atoms with Crippen LogP contribution in [0.2, 0.25) is 0 Å². The van der Waals surface area contributed by atoms with E-state index < -0.39 is 10.0 Å². The van der Waals surface area contributed by atoms with Gasteiger partial charge in [0.2, 0.25) is 15.9 Å². The first-order chi connectivity index (χ1) is 15.4. The summed E-state index contributed by atoms with van der Waals surface area (Å²) >= 11 is 1.44. The van der Waals surface area contributed by atoms with Gasteiger partial charge in [-0.15, -0.1) is 0 Å². The highest BCUT2D eigenvalue weighted by Crippen LogP contribution is 2.30. The van der Waals surface area contributed by atoms with Gasteiger partial charge in [-0.05, 0) is 57.7 Å². The van der Waals surface area contributed by atoms with Crippen LogP contribution in [0.4, 0.5) is 0 Å². The van der Waals surface area contributed by atoms with Gasteiger partial charge in [0, 0.05) is 25.7 Å². The molecule has 1 N–H and O–H groups in total. The van der Waals surface area contributed by atoms with Crippen molar-refractivity contribution in [1.29, 1.82) is 0 Å². The molecule has 1 saturated carbocycles. The average molecular weight is 479 g/mol. The lowest BCUT2D eigenvalue weighted by Crippen LogP contribution is -2.40. The van der Waals surface area contributed by atoms with E-state index in [1.165, 1.54) is 31.0 Å². The Morgan fingerprint density at radius 3 is 2.53 bits per heavy atom. The van der Waals surface area contributed by atoms with Crippen molar-refractivity contribution in [3.63, 3.8) is 0 Å². The molecule has 0 radical (unpaired) electrons. The minimum atomic E-state index is -3.50. The second kappa shape index (κ2) is 10.1. The lowest BCUT2D eigenvalue weighted by molar-refractivity contribution is -0.121. The normalized spacial score (nSPS) is 19.8. The molecule has 1 saturated heterocycles. The summed E-state index contributed by atoms with van der Waals surface area (Å²) in [6, 6.07) is 5.50. The van der Waals surface area contributed by atoms with Gasteiger partial charge in [-0.1, -0.05) is 37.4 Å². The number of carbonyl (C=O) groups is 1. The van der Waals surface area contributed by atoms with E-state index in [1.54, 1.807) is 16.4 Å². The predicted octanol–water partition coefficient (Wildman–Crippen LogP) is 4.16. The number of thioether (sulfide) groups is 1. The van der Waals surface area contributed by atoms with Crippen molar-refractivity contribution in [3.05, 3.63) is 18.2 Å². The molecule has 2 aromatic rings. The summed E-state index contributed by atoms with van der Waals surface area (Å²) < 4.78 is 29.8. The molecule has 1 aliphatic heterocycles. The van der Waals surface area contributed by atoms with Crippen molar-refractivity contribution in [2.24, 2.45) is 0 Å². The van der Waals surface area contributed by atoms with Gasteiger partial charge in [0.25, 0.3) is 0 Å². The molecule has 1 aromatic carbocycles. The number of sulfonamides is 1. The molecule has 7 nitrogen and oxygen atoms in total. The molecule has 9 heteroatoms. The summed E-state index contributed by atoms with van der Waals surface area (Å²) in [5.74, 6) is 0.0463. The number of imidazole rings is 1.